The number of carbonyl (C=O) groups excluding carboxylic acids is 1. The molecule has 0 aliphatic heterocycles. The van der Waals surface area contributed by atoms with Gasteiger partial charge in [-0.3, -0.25) is 0 Å². The molecular formula is C11H8N2O3. The van der Waals surface area contributed by atoms with Gasteiger partial charge in [-0.15, -0.1) is 0 Å². The molecule has 80 valence electrons. The lowest BCUT2D eigenvalue weighted by molar-refractivity contribution is 0.120. The fourth-order valence-corrected chi connectivity index (χ4v) is 1.36. The van der Waals surface area contributed by atoms with Gasteiger partial charge in [-0.25, -0.2) is 4.79 Å². The van der Waals surface area contributed by atoms with Crippen LogP contribution in [0.2, 0.25) is 0 Å². The maximum atomic E-state index is 10.9. The Kier molecular flexibility index (Phi) is 2.48. The van der Waals surface area contributed by atoms with Crippen molar-refractivity contribution in [1.29, 1.82) is 5.26 Å². The Morgan fingerprint density at radius 3 is 2.94 bits per heavy atom. The molecule has 1 N–H and O–H groups in total. The summed E-state index contributed by atoms with van der Waals surface area (Å²) in [5.74, 6) is 0.289. The molecule has 0 radical (unpaired) electrons. The predicted octanol–water partition coefficient (Wildman–Crippen LogP) is 2.18. The summed E-state index contributed by atoms with van der Waals surface area (Å²) >= 11 is 0. The molecule has 0 spiro atoms. The zero-order chi connectivity index (χ0) is 11.5. The van der Waals surface area contributed by atoms with Crippen LogP contribution in [0.3, 0.4) is 0 Å². The summed E-state index contributed by atoms with van der Waals surface area (Å²) in [6.45, 7) is 0. The highest BCUT2D eigenvalue weighted by Gasteiger charge is 2.07. The summed E-state index contributed by atoms with van der Waals surface area (Å²) < 4.78 is 9.18. The van der Waals surface area contributed by atoms with E-state index < -0.39 is 6.16 Å². The van der Waals surface area contributed by atoms with Crippen molar-refractivity contribution in [2.45, 2.75) is 0 Å². The summed E-state index contributed by atoms with van der Waals surface area (Å²) in [6.07, 6.45) is -0.785. The second-order valence-electron chi connectivity index (χ2n) is 3.10. The number of nitrogens with zero attached hydrogens (tertiary/aromatic N) is 1. The first-order valence-electron chi connectivity index (χ1n) is 4.51. The van der Waals surface area contributed by atoms with Crippen molar-refractivity contribution in [3.05, 3.63) is 29.8 Å². The SMILES string of the molecule is COC(=O)Oc1cc2ccc(C#N)cc2[nH]1. The molecule has 1 aromatic heterocycles. The number of carbonyl (C=O) groups is 1. The molecule has 0 saturated heterocycles. The Balaban J connectivity index is 2.37. The average molecular weight is 216 g/mol. The molecule has 0 amide bonds. The smallest absolute Gasteiger partial charge is 0.437 e. The van der Waals surface area contributed by atoms with Gasteiger partial charge < -0.3 is 14.5 Å². The minimum atomic E-state index is -0.785. The van der Waals surface area contributed by atoms with Crippen LogP contribution in [0.25, 0.3) is 10.9 Å². The van der Waals surface area contributed by atoms with Gasteiger partial charge in [-0.05, 0) is 12.1 Å². The quantitative estimate of drug-likeness (QED) is 0.741. The normalized spacial score (nSPS) is 9.75. The number of benzene rings is 1. The van der Waals surface area contributed by atoms with Gasteiger partial charge in [0.1, 0.15) is 0 Å². The fourth-order valence-electron chi connectivity index (χ4n) is 1.36. The highest BCUT2D eigenvalue weighted by molar-refractivity contribution is 5.83. The van der Waals surface area contributed by atoms with Crippen molar-refractivity contribution < 1.29 is 14.3 Å². The van der Waals surface area contributed by atoms with E-state index in [2.05, 4.69) is 9.72 Å². The minimum absolute atomic E-state index is 0.289. The molecule has 5 heteroatoms. The van der Waals surface area contributed by atoms with E-state index in [9.17, 15) is 4.79 Å². The largest absolute Gasteiger partial charge is 0.514 e. The Morgan fingerprint density at radius 2 is 2.25 bits per heavy atom. The monoisotopic (exact) mass is 216 g/mol. The maximum absolute atomic E-state index is 10.9. The molecule has 0 aliphatic rings. The molecule has 0 aliphatic carbocycles. The van der Waals surface area contributed by atoms with Gasteiger partial charge in [0.2, 0.25) is 5.88 Å². The van der Waals surface area contributed by atoms with Crippen LogP contribution in [-0.2, 0) is 4.74 Å². The number of rotatable bonds is 1. The van der Waals surface area contributed by atoms with Gasteiger partial charge in [0.05, 0.1) is 18.7 Å². The number of hydrogen-bond donors (Lipinski definition) is 1. The molecule has 0 fully saturated rings. The lowest BCUT2D eigenvalue weighted by Gasteiger charge is -1.97. The maximum Gasteiger partial charge on any atom is 0.514 e. The minimum Gasteiger partial charge on any atom is -0.437 e. The number of nitriles is 1. The van der Waals surface area contributed by atoms with Crippen LogP contribution in [-0.4, -0.2) is 18.2 Å². The lowest BCUT2D eigenvalue weighted by Crippen LogP contribution is -2.07. The molecule has 0 unspecified atom stereocenters. The average Bonchev–Trinajstić information content (AvgIpc) is 2.69. The van der Waals surface area contributed by atoms with Gasteiger partial charge in [0, 0.05) is 17.0 Å². The van der Waals surface area contributed by atoms with Crippen LogP contribution < -0.4 is 4.74 Å². The third-order valence-corrected chi connectivity index (χ3v) is 2.09. The van der Waals surface area contributed by atoms with Gasteiger partial charge in [-0.2, -0.15) is 5.26 Å². The third kappa shape index (κ3) is 1.81. The van der Waals surface area contributed by atoms with Crippen molar-refractivity contribution in [3.8, 4) is 11.9 Å². The Labute approximate surface area is 91.2 Å². The standard InChI is InChI=1S/C11H8N2O3/c1-15-11(14)16-10-5-8-3-2-7(6-12)4-9(8)13-10/h2-5,13H,1H3. The topological polar surface area (TPSA) is 75.1 Å². The number of methoxy groups -OCH3 is 1. The van der Waals surface area contributed by atoms with Gasteiger partial charge in [-0.1, -0.05) is 6.07 Å². The highest BCUT2D eigenvalue weighted by atomic mass is 16.7. The molecule has 2 aromatic rings. The summed E-state index contributed by atoms with van der Waals surface area (Å²) in [5, 5.41) is 9.58. The zero-order valence-corrected chi connectivity index (χ0v) is 8.48. The van der Waals surface area contributed by atoms with Crippen LogP contribution in [0, 0.1) is 11.3 Å². The first kappa shape index (κ1) is 10.1. The van der Waals surface area contributed by atoms with E-state index >= 15 is 0 Å². The number of fused-ring (bicyclic) bond motifs is 1. The van der Waals surface area contributed by atoms with Crippen molar-refractivity contribution in [3.63, 3.8) is 0 Å². The third-order valence-electron chi connectivity index (χ3n) is 2.09. The van der Waals surface area contributed by atoms with Crippen LogP contribution in [0.1, 0.15) is 5.56 Å². The van der Waals surface area contributed by atoms with Crippen LogP contribution in [0.5, 0.6) is 5.88 Å². The lowest BCUT2D eigenvalue weighted by atomic mass is 10.2. The van der Waals surface area contributed by atoms with E-state index in [1.165, 1.54) is 7.11 Å². The molecule has 0 bridgehead atoms. The zero-order valence-electron chi connectivity index (χ0n) is 8.48. The number of hydrogen-bond acceptors (Lipinski definition) is 4. The van der Waals surface area contributed by atoms with Crippen molar-refractivity contribution in [1.82, 2.24) is 4.98 Å². The molecule has 16 heavy (non-hydrogen) atoms. The number of ether oxygens (including phenoxy) is 2. The summed E-state index contributed by atoms with van der Waals surface area (Å²) in [5.41, 5.74) is 1.27. The van der Waals surface area contributed by atoms with Crippen LogP contribution >= 0.6 is 0 Å². The first-order valence-corrected chi connectivity index (χ1v) is 4.51. The fraction of sp³-hybridized carbons (Fsp3) is 0.0909. The number of nitrogens with one attached hydrogen (secondary N) is 1. The van der Waals surface area contributed by atoms with E-state index in [1.807, 2.05) is 6.07 Å². The van der Waals surface area contributed by atoms with Crippen LogP contribution in [0.15, 0.2) is 24.3 Å². The predicted molar refractivity (Wildman–Crippen MR) is 56.0 cm³/mol. The molecular weight excluding hydrogens is 208 g/mol. The number of H-pyrrole nitrogens is 1. The second kappa shape index (κ2) is 3.95. The summed E-state index contributed by atoms with van der Waals surface area (Å²) in [6, 6.07) is 8.83. The number of aromatic amines is 1. The summed E-state index contributed by atoms with van der Waals surface area (Å²) in [7, 11) is 1.23. The van der Waals surface area contributed by atoms with E-state index in [4.69, 9.17) is 10.00 Å². The first-order chi connectivity index (χ1) is 7.72. The molecule has 0 saturated carbocycles. The molecule has 0 atom stereocenters. The molecule has 2 rings (SSSR count). The molecule has 5 nitrogen and oxygen atoms in total. The van der Waals surface area contributed by atoms with Crippen LogP contribution in [0.4, 0.5) is 4.79 Å². The van der Waals surface area contributed by atoms with E-state index in [0.29, 0.717) is 5.56 Å². The molecule has 1 heterocycles. The Hall–Kier alpha value is -2.48. The highest BCUT2D eigenvalue weighted by Crippen LogP contribution is 2.21. The van der Waals surface area contributed by atoms with E-state index in [1.54, 1.807) is 24.3 Å². The van der Waals surface area contributed by atoms with Crippen molar-refractivity contribution in [2.75, 3.05) is 7.11 Å². The van der Waals surface area contributed by atoms with Crippen molar-refractivity contribution in [2.24, 2.45) is 0 Å². The second-order valence-corrected chi connectivity index (χ2v) is 3.10. The van der Waals surface area contributed by atoms with Gasteiger partial charge in [0.25, 0.3) is 0 Å². The van der Waals surface area contributed by atoms with E-state index in [-0.39, 0.29) is 5.88 Å². The summed E-state index contributed by atoms with van der Waals surface area (Å²) in [4.78, 5) is 13.7. The molecule has 1 aromatic carbocycles. The van der Waals surface area contributed by atoms with E-state index in [0.717, 1.165) is 10.9 Å². The Bertz CT molecular complexity index is 580. The number of aromatic nitrogens is 1. The Morgan fingerprint density at radius 1 is 1.44 bits per heavy atom. The van der Waals surface area contributed by atoms with Gasteiger partial charge in [0.15, 0.2) is 0 Å². The van der Waals surface area contributed by atoms with Gasteiger partial charge >= 0.3 is 6.16 Å². The van der Waals surface area contributed by atoms with Crippen molar-refractivity contribution >= 4 is 17.1 Å².